The zero-order valence-corrected chi connectivity index (χ0v) is 13.1. The molecule has 1 aromatic carbocycles. The van der Waals surface area contributed by atoms with Gasteiger partial charge in [0.1, 0.15) is 5.82 Å². The average molecular weight is 304 g/mol. The summed E-state index contributed by atoms with van der Waals surface area (Å²) in [7, 11) is 0. The third-order valence-corrected chi connectivity index (χ3v) is 4.52. The Labute approximate surface area is 136 Å². The molecule has 0 radical (unpaired) electrons. The molecule has 0 aliphatic carbocycles. The van der Waals surface area contributed by atoms with Gasteiger partial charge in [0.2, 0.25) is 0 Å². The summed E-state index contributed by atoms with van der Waals surface area (Å²) >= 11 is 0. The lowest BCUT2D eigenvalue weighted by Gasteiger charge is -2.39. The first-order chi connectivity index (χ1) is 11.3. The minimum absolute atomic E-state index is 0.598. The van der Waals surface area contributed by atoms with Crippen LogP contribution in [0.1, 0.15) is 17.3 Å². The maximum absolute atomic E-state index is 4.81. The van der Waals surface area contributed by atoms with E-state index in [4.69, 9.17) is 4.98 Å². The van der Waals surface area contributed by atoms with E-state index in [9.17, 15) is 0 Å². The summed E-state index contributed by atoms with van der Waals surface area (Å²) in [6.07, 6.45) is 5.75. The van der Waals surface area contributed by atoms with Crippen LogP contribution in [0.25, 0.3) is 11.0 Å². The van der Waals surface area contributed by atoms with Crippen LogP contribution in [-0.4, -0.2) is 32.5 Å². The smallest absolute Gasteiger partial charge is 0.124 e. The summed E-state index contributed by atoms with van der Waals surface area (Å²) in [6, 6.07) is 12.5. The van der Waals surface area contributed by atoms with Crippen molar-refractivity contribution in [2.75, 3.05) is 13.1 Å². The number of benzene rings is 1. The van der Waals surface area contributed by atoms with Gasteiger partial charge in [0, 0.05) is 37.9 Å². The Bertz CT molecular complexity index is 816. The highest BCUT2D eigenvalue weighted by Crippen LogP contribution is 2.28. The minimum Gasteiger partial charge on any atom is -0.323 e. The largest absolute Gasteiger partial charge is 0.323 e. The zero-order valence-electron chi connectivity index (χ0n) is 13.1. The van der Waals surface area contributed by atoms with Crippen molar-refractivity contribution in [3.63, 3.8) is 0 Å². The van der Waals surface area contributed by atoms with Crippen molar-refractivity contribution in [2.24, 2.45) is 0 Å². The quantitative estimate of drug-likeness (QED) is 0.679. The van der Waals surface area contributed by atoms with Gasteiger partial charge in [0.05, 0.1) is 17.6 Å². The van der Waals surface area contributed by atoms with Gasteiger partial charge >= 0.3 is 0 Å². The van der Waals surface area contributed by atoms with Crippen molar-refractivity contribution < 1.29 is 0 Å². The molecule has 0 unspecified atom stereocenters. The van der Waals surface area contributed by atoms with Gasteiger partial charge in [-0.25, -0.2) is 4.98 Å². The predicted molar refractivity (Wildman–Crippen MR) is 92.2 cm³/mol. The summed E-state index contributed by atoms with van der Waals surface area (Å²) in [5.41, 5.74) is 3.59. The van der Waals surface area contributed by atoms with E-state index in [2.05, 4.69) is 45.3 Å². The third kappa shape index (κ3) is 2.66. The van der Waals surface area contributed by atoms with Gasteiger partial charge in [0.25, 0.3) is 0 Å². The fourth-order valence-corrected chi connectivity index (χ4v) is 3.31. The second kappa shape index (κ2) is 5.97. The van der Waals surface area contributed by atoms with E-state index < -0.39 is 0 Å². The molecule has 116 valence electrons. The predicted octanol–water partition coefficient (Wildman–Crippen LogP) is 3.22. The van der Waals surface area contributed by atoms with Crippen LogP contribution in [0.4, 0.5) is 0 Å². The van der Waals surface area contributed by atoms with Crippen LogP contribution >= 0.6 is 0 Å². The van der Waals surface area contributed by atoms with E-state index in [1.54, 1.807) is 0 Å². The fraction of sp³-hybridized carbons (Fsp3) is 0.263. The Morgan fingerprint density at radius 2 is 2.04 bits per heavy atom. The Morgan fingerprint density at radius 1 is 1.17 bits per heavy atom. The van der Waals surface area contributed by atoms with Gasteiger partial charge in [-0.2, -0.15) is 0 Å². The molecule has 4 nitrogen and oxygen atoms in total. The fourth-order valence-electron chi connectivity index (χ4n) is 3.31. The molecule has 0 N–H and O–H groups in total. The number of imidazole rings is 1. The number of fused-ring (bicyclic) bond motifs is 1. The molecule has 1 aliphatic rings. The summed E-state index contributed by atoms with van der Waals surface area (Å²) in [4.78, 5) is 11.5. The summed E-state index contributed by atoms with van der Waals surface area (Å²) in [6.45, 7) is 7.71. The molecule has 0 amide bonds. The van der Waals surface area contributed by atoms with Gasteiger partial charge in [-0.3, -0.25) is 9.88 Å². The Balaban J connectivity index is 1.51. The molecule has 0 saturated carbocycles. The van der Waals surface area contributed by atoms with Crippen LogP contribution in [0.5, 0.6) is 0 Å². The van der Waals surface area contributed by atoms with Crippen LogP contribution < -0.4 is 0 Å². The first kappa shape index (κ1) is 14.2. The molecule has 1 fully saturated rings. The topological polar surface area (TPSA) is 34.0 Å². The molecule has 0 spiro atoms. The Hall–Kier alpha value is -2.46. The van der Waals surface area contributed by atoms with E-state index in [0.717, 1.165) is 37.5 Å². The van der Waals surface area contributed by atoms with Crippen molar-refractivity contribution in [3.8, 4) is 0 Å². The van der Waals surface area contributed by atoms with Gasteiger partial charge in [-0.1, -0.05) is 24.3 Å². The SMILES string of the molecule is C=CCn1c(CN2CC(c3cccnc3)C2)nc2ccccc21. The van der Waals surface area contributed by atoms with E-state index in [1.165, 1.54) is 11.1 Å². The Kier molecular flexibility index (Phi) is 3.67. The molecule has 1 aliphatic heterocycles. The summed E-state index contributed by atoms with van der Waals surface area (Å²) in [5, 5.41) is 0. The van der Waals surface area contributed by atoms with E-state index >= 15 is 0 Å². The lowest BCUT2D eigenvalue weighted by atomic mass is 9.93. The van der Waals surface area contributed by atoms with Crippen molar-refractivity contribution in [1.82, 2.24) is 19.4 Å². The number of pyridine rings is 1. The van der Waals surface area contributed by atoms with Crippen LogP contribution in [0.3, 0.4) is 0 Å². The lowest BCUT2D eigenvalue weighted by Crippen LogP contribution is -2.44. The molecule has 4 heteroatoms. The molecular weight excluding hydrogens is 284 g/mol. The first-order valence-electron chi connectivity index (χ1n) is 8.02. The first-order valence-corrected chi connectivity index (χ1v) is 8.02. The molecular formula is C19H20N4. The highest BCUT2D eigenvalue weighted by atomic mass is 15.2. The molecule has 23 heavy (non-hydrogen) atoms. The lowest BCUT2D eigenvalue weighted by molar-refractivity contribution is 0.134. The van der Waals surface area contributed by atoms with Crippen molar-refractivity contribution in [3.05, 3.63) is 72.8 Å². The van der Waals surface area contributed by atoms with Crippen LogP contribution in [0, 0.1) is 0 Å². The molecule has 4 rings (SSSR count). The molecule has 3 aromatic rings. The molecule has 2 aromatic heterocycles. The van der Waals surface area contributed by atoms with E-state index in [0.29, 0.717) is 5.92 Å². The van der Waals surface area contributed by atoms with Crippen molar-refractivity contribution >= 4 is 11.0 Å². The number of likely N-dealkylation sites (tertiary alicyclic amines) is 1. The van der Waals surface area contributed by atoms with Crippen LogP contribution in [0.2, 0.25) is 0 Å². The third-order valence-electron chi connectivity index (χ3n) is 4.52. The number of rotatable bonds is 5. The number of aromatic nitrogens is 3. The number of nitrogens with zero attached hydrogens (tertiary/aromatic N) is 4. The molecule has 3 heterocycles. The van der Waals surface area contributed by atoms with Crippen molar-refractivity contribution in [1.29, 1.82) is 0 Å². The monoisotopic (exact) mass is 304 g/mol. The summed E-state index contributed by atoms with van der Waals surface area (Å²) < 4.78 is 2.26. The zero-order chi connectivity index (χ0) is 15.6. The average Bonchev–Trinajstić information content (AvgIpc) is 2.89. The minimum atomic E-state index is 0.598. The highest BCUT2D eigenvalue weighted by Gasteiger charge is 2.29. The number of hydrogen-bond donors (Lipinski definition) is 0. The van der Waals surface area contributed by atoms with Crippen LogP contribution in [0.15, 0.2) is 61.4 Å². The van der Waals surface area contributed by atoms with Gasteiger partial charge < -0.3 is 4.57 Å². The Morgan fingerprint density at radius 3 is 2.83 bits per heavy atom. The van der Waals surface area contributed by atoms with Gasteiger partial charge in [-0.05, 0) is 23.8 Å². The van der Waals surface area contributed by atoms with Gasteiger partial charge in [0.15, 0.2) is 0 Å². The molecule has 0 atom stereocenters. The molecule has 1 saturated heterocycles. The molecule has 0 bridgehead atoms. The summed E-state index contributed by atoms with van der Waals surface area (Å²) in [5.74, 6) is 1.72. The normalized spacial score (nSPS) is 15.7. The second-order valence-electron chi connectivity index (χ2n) is 6.09. The van der Waals surface area contributed by atoms with Gasteiger partial charge in [-0.15, -0.1) is 6.58 Å². The standard InChI is InChI=1S/C19H20N4/c1-2-10-23-18-8-4-3-7-17(18)21-19(23)14-22-12-16(13-22)15-6-5-9-20-11-15/h2-9,11,16H,1,10,12-14H2. The van der Waals surface area contributed by atoms with E-state index in [-0.39, 0.29) is 0 Å². The van der Waals surface area contributed by atoms with E-state index in [1.807, 2.05) is 30.6 Å². The number of para-hydroxylation sites is 2. The van der Waals surface area contributed by atoms with Crippen LogP contribution in [-0.2, 0) is 13.1 Å². The second-order valence-corrected chi connectivity index (χ2v) is 6.09. The van der Waals surface area contributed by atoms with Crippen molar-refractivity contribution in [2.45, 2.75) is 19.0 Å². The maximum Gasteiger partial charge on any atom is 0.124 e. The highest BCUT2D eigenvalue weighted by molar-refractivity contribution is 5.75. The number of allylic oxidation sites excluding steroid dienone is 1. The maximum atomic E-state index is 4.81. The number of hydrogen-bond acceptors (Lipinski definition) is 3.